The second-order valence-electron chi connectivity index (χ2n) is 9.15. The van der Waals surface area contributed by atoms with E-state index in [-0.39, 0.29) is 23.8 Å². The van der Waals surface area contributed by atoms with Crippen molar-refractivity contribution in [3.05, 3.63) is 71.3 Å². The Morgan fingerprint density at radius 2 is 1.71 bits per heavy atom. The number of hydrogen-bond donors (Lipinski definition) is 0. The Labute approximate surface area is 204 Å². The molecule has 2 heterocycles. The van der Waals surface area contributed by atoms with Gasteiger partial charge in [-0.25, -0.2) is 8.78 Å². The molecule has 0 bridgehead atoms. The minimum absolute atomic E-state index is 0.223. The van der Waals surface area contributed by atoms with Gasteiger partial charge in [-0.15, -0.1) is 0 Å². The molecule has 1 aromatic heterocycles. The topological polar surface area (TPSA) is 56.1 Å². The number of carbonyl (C=O) groups is 1. The van der Waals surface area contributed by atoms with Crippen molar-refractivity contribution in [3.8, 4) is 11.3 Å². The summed E-state index contributed by atoms with van der Waals surface area (Å²) in [6.07, 6.45) is 0. The molecule has 186 valence electrons. The molecule has 0 N–H and O–H groups in total. The van der Waals surface area contributed by atoms with Crippen molar-refractivity contribution >= 4 is 11.8 Å². The molecule has 4 rings (SSSR count). The van der Waals surface area contributed by atoms with E-state index in [4.69, 9.17) is 4.52 Å². The van der Waals surface area contributed by atoms with Crippen LogP contribution in [-0.4, -0.2) is 86.2 Å². The van der Waals surface area contributed by atoms with E-state index in [2.05, 4.69) is 22.0 Å². The third-order valence-corrected chi connectivity index (χ3v) is 6.20. The van der Waals surface area contributed by atoms with Crippen LogP contribution in [-0.2, 0) is 6.54 Å². The first-order valence-corrected chi connectivity index (χ1v) is 11.7. The van der Waals surface area contributed by atoms with Gasteiger partial charge in [-0.3, -0.25) is 4.79 Å². The molecule has 1 fully saturated rings. The maximum atomic E-state index is 13.9. The van der Waals surface area contributed by atoms with Crippen molar-refractivity contribution in [3.63, 3.8) is 0 Å². The molecule has 7 nitrogen and oxygen atoms in total. The van der Waals surface area contributed by atoms with Gasteiger partial charge in [0.25, 0.3) is 5.91 Å². The first-order valence-electron chi connectivity index (χ1n) is 11.7. The lowest BCUT2D eigenvalue weighted by molar-refractivity contribution is 0.0731. The Kier molecular flexibility index (Phi) is 7.77. The molecular formula is C26H31F2N5O2. The SMILES string of the molecule is CN(C)CCN(Cc1c(-c2ccc(F)cc2)noc1N1CCN(C)CC1)C(=O)c1cccc(F)c1. The lowest BCUT2D eigenvalue weighted by Crippen LogP contribution is -2.45. The largest absolute Gasteiger partial charge is 0.338 e. The smallest absolute Gasteiger partial charge is 0.254 e. The van der Waals surface area contributed by atoms with Crippen LogP contribution in [0.25, 0.3) is 11.3 Å². The molecule has 9 heteroatoms. The number of aromatic nitrogens is 1. The second kappa shape index (κ2) is 11.0. The Morgan fingerprint density at radius 1 is 1.00 bits per heavy atom. The number of anilines is 1. The Bertz CT molecular complexity index is 1140. The average Bonchev–Trinajstić information content (AvgIpc) is 3.25. The molecule has 1 amide bonds. The first-order chi connectivity index (χ1) is 16.8. The van der Waals surface area contributed by atoms with Crippen molar-refractivity contribution in [2.75, 3.05) is 65.3 Å². The first kappa shape index (κ1) is 24.8. The van der Waals surface area contributed by atoms with Crippen LogP contribution in [0.3, 0.4) is 0 Å². The Morgan fingerprint density at radius 3 is 2.37 bits per heavy atom. The van der Waals surface area contributed by atoms with E-state index in [1.165, 1.54) is 30.3 Å². The maximum absolute atomic E-state index is 13.9. The van der Waals surface area contributed by atoms with Gasteiger partial charge in [-0.1, -0.05) is 11.2 Å². The van der Waals surface area contributed by atoms with Gasteiger partial charge in [0.1, 0.15) is 17.3 Å². The highest BCUT2D eigenvalue weighted by atomic mass is 19.1. The van der Waals surface area contributed by atoms with E-state index in [9.17, 15) is 13.6 Å². The lowest BCUT2D eigenvalue weighted by atomic mass is 10.1. The molecule has 0 spiro atoms. The van der Waals surface area contributed by atoms with Crippen LogP contribution >= 0.6 is 0 Å². The molecule has 0 aliphatic carbocycles. The van der Waals surface area contributed by atoms with Crippen LogP contribution < -0.4 is 4.90 Å². The van der Waals surface area contributed by atoms with Gasteiger partial charge < -0.3 is 24.1 Å². The minimum Gasteiger partial charge on any atom is -0.338 e. The summed E-state index contributed by atoms with van der Waals surface area (Å²) in [4.78, 5) is 21.5. The zero-order valence-electron chi connectivity index (χ0n) is 20.4. The third-order valence-electron chi connectivity index (χ3n) is 6.20. The van der Waals surface area contributed by atoms with Crippen molar-refractivity contribution in [2.24, 2.45) is 0 Å². The van der Waals surface area contributed by atoms with Crippen LogP contribution in [0.1, 0.15) is 15.9 Å². The van der Waals surface area contributed by atoms with Crippen LogP contribution in [0.5, 0.6) is 0 Å². The van der Waals surface area contributed by atoms with Gasteiger partial charge in [0, 0.05) is 50.4 Å². The summed E-state index contributed by atoms with van der Waals surface area (Å²) < 4.78 is 33.3. The Balaban J connectivity index is 1.72. The minimum atomic E-state index is -0.460. The summed E-state index contributed by atoms with van der Waals surface area (Å²) in [5, 5.41) is 4.34. The number of halogens is 2. The van der Waals surface area contributed by atoms with E-state index in [0.29, 0.717) is 30.2 Å². The van der Waals surface area contributed by atoms with Gasteiger partial charge in [0.05, 0.1) is 12.1 Å². The Hall–Kier alpha value is -3.30. The number of nitrogens with zero attached hydrogens (tertiary/aromatic N) is 5. The van der Waals surface area contributed by atoms with Gasteiger partial charge in [0.2, 0.25) is 5.88 Å². The molecule has 0 saturated carbocycles. The standard InChI is InChI=1S/C26H31F2N5O2/c1-30(2)11-14-33(25(34)20-5-4-6-22(28)17-20)18-23-24(19-7-9-21(27)10-8-19)29-35-26(23)32-15-12-31(3)13-16-32/h4-10,17H,11-16,18H2,1-3H3. The van der Waals surface area contributed by atoms with Crippen molar-refractivity contribution in [1.29, 1.82) is 0 Å². The zero-order valence-corrected chi connectivity index (χ0v) is 20.4. The molecule has 0 atom stereocenters. The summed E-state index contributed by atoms with van der Waals surface area (Å²) >= 11 is 0. The van der Waals surface area contributed by atoms with Crippen molar-refractivity contribution in [2.45, 2.75) is 6.54 Å². The number of hydrogen-bond acceptors (Lipinski definition) is 6. The molecule has 0 unspecified atom stereocenters. The predicted octanol–water partition coefficient (Wildman–Crippen LogP) is 3.58. The van der Waals surface area contributed by atoms with E-state index in [0.717, 1.165) is 31.7 Å². The van der Waals surface area contributed by atoms with E-state index >= 15 is 0 Å². The van der Waals surface area contributed by atoms with E-state index < -0.39 is 5.82 Å². The fourth-order valence-electron chi connectivity index (χ4n) is 4.10. The molecule has 1 saturated heterocycles. The average molecular weight is 484 g/mol. The van der Waals surface area contributed by atoms with Crippen LogP contribution in [0.4, 0.5) is 14.7 Å². The summed E-state index contributed by atoms with van der Waals surface area (Å²) in [6.45, 7) is 4.55. The fourth-order valence-corrected chi connectivity index (χ4v) is 4.10. The summed E-state index contributed by atoms with van der Waals surface area (Å²) in [5.41, 5.74) is 2.31. The number of benzene rings is 2. The molecule has 2 aromatic carbocycles. The number of likely N-dealkylation sites (N-methyl/N-ethyl adjacent to an activating group) is 2. The number of amides is 1. The number of piperazine rings is 1. The predicted molar refractivity (Wildman–Crippen MR) is 131 cm³/mol. The maximum Gasteiger partial charge on any atom is 0.254 e. The highest BCUT2D eigenvalue weighted by Crippen LogP contribution is 2.33. The molecule has 1 aliphatic rings. The summed E-state index contributed by atoms with van der Waals surface area (Å²) in [7, 11) is 5.94. The second-order valence-corrected chi connectivity index (χ2v) is 9.15. The summed E-state index contributed by atoms with van der Waals surface area (Å²) in [5.74, 6) is -0.466. The molecule has 35 heavy (non-hydrogen) atoms. The third kappa shape index (κ3) is 6.04. The molecule has 1 aliphatic heterocycles. The van der Waals surface area contributed by atoms with Gasteiger partial charge in [-0.2, -0.15) is 0 Å². The molecule has 0 radical (unpaired) electrons. The van der Waals surface area contributed by atoms with Crippen molar-refractivity contribution in [1.82, 2.24) is 19.9 Å². The number of carbonyl (C=O) groups excluding carboxylic acids is 1. The van der Waals surface area contributed by atoms with Gasteiger partial charge in [-0.05, 0) is 63.6 Å². The fraction of sp³-hybridized carbons (Fsp3) is 0.385. The monoisotopic (exact) mass is 483 g/mol. The van der Waals surface area contributed by atoms with Gasteiger partial charge >= 0.3 is 0 Å². The highest BCUT2D eigenvalue weighted by molar-refractivity contribution is 5.94. The van der Waals surface area contributed by atoms with Crippen molar-refractivity contribution < 1.29 is 18.1 Å². The highest BCUT2D eigenvalue weighted by Gasteiger charge is 2.28. The lowest BCUT2D eigenvalue weighted by Gasteiger charge is -2.33. The molecular weight excluding hydrogens is 452 g/mol. The molecule has 3 aromatic rings. The van der Waals surface area contributed by atoms with Crippen LogP contribution in [0.2, 0.25) is 0 Å². The summed E-state index contributed by atoms with van der Waals surface area (Å²) in [6, 6.07) is 11.8. The van der Waals surface area contributed by atoms with Crippen LogP contribution in [0.15, 0.2) is 53.1 Å². The zero-order chi connectivity index (χ0) is 24.9. The normalized spacial score (nSPS) is 14.5. The van der Waals surface area contributed by atoms with Crippen LogP contribution in [0, 0.1) is 11.6 Å². The number of rotatable bonds is 8. The van der Waals surface area contributed by atoms with E-state index in [1.807, 2.05) is 19.0 Å². The van der Waals surface area contributed by atoms with E-state index in [1.54, 1.807) is 23.1 Å². The van der Waals surface area contributed by atoms with Gasteiger partial charge in [0.15, 0.2) is 0 Å². The quantitative estimate of drug-likeness (QED) is 0.488.